The van der Waals surface area contributed by atoms with E-state index in [4.69, 9.17) is 16.0 Å². The van der Waals surface area contributed by atoms with Crippen LogP contribution >= 0.6 is 0 Å². The second-order valence-corrected chi connectivity index (χ2v) is 2.32. The Kier molecular flexibility index (Phi) is 4.89. The summed E-state index contributed by atoms with van der Waals surface area (Å²) in [5.74, 6) is 0. The molecule has 0 heterocycles. The molecule has 0 N–H and O–H groups in total. The summed E-state index contributed by atoms with van der Waals surface area (Å²) >= 11 is -5.88. The van der Waals surface area contributed by atoms with Crippen LogP contribution in [0, 0.1) is 0 Å². The second kappa shape index (κ2) is 2.94. The number of hydrogen-bond acceptors (Lipinski definition) is 4. The van der Waals surface area contributed by atoms with Gasteiger partial charge >= 0.3 is 50.0 Å². The van der Waals surface area contributed by atoms with Crippen LogP contribution in [0.2, 0.25) is 0 Å². The maximum Gasteiger partial charge on any atom is 3.00 e. The smallest absolute Gasteiger partial charge is 3.00 e. The molecular weight excluding hydrogens is 242 g/mol. The Bertz CT molecular complexity index is 53.7. The molecule has 0 aromatic carbocycles. The van der Waals surface area contributed by atoms with E-state index in [1.165, 1.54) is 0 Å². The van der Waals surface area contributed by atoms with Crippen LogP contribution < -0.4 is 12.3 Å². The molecule has 0 atom stereocenters. The van der Waals surface area contributed by atoms with Crippen molar-refractivity contribution in [3.8, 4) is 0 Å². The number of hydrogen-bond donors (Lipinski definition) is 0. The molecule has 0 radical (unpaired) electrons. The summed E-state index contributed by atoms with van der Waals surface area (Å²) < 4.78 is 34.4. The predicted octanol–water partition coefficient (Wildman–Crippen LogP) is -4.07. The van der Waals surface area contributed by atoms with Gasteiger partial charge in [0.15, 0.2) is 0 Å². The van der Waals surface area contributed by atoms with E-state index in [0.29, 0.717) is 0 Å². The van der Waals surface area contributed by atoms with Crippen LogP contribution in [-0.2, 0) is 23.2 Å². The first kappa shape index (κ1) is 9.97. The molecule has 0 aromatic rings. The molecule has 0 aliphatic rings. The normalized spacial score (nSPS) is 9.83. The molecule has 0 unspecified atom stereocenters. The fraction of sp³-hybridized carbons (Fsp3) is 0. The zero-order valence-electron chi connectivity index (χ0n) is 2.41. The Morgan fingerprint density at radius 1 is 1.17 bits per heavy atom. The Labute approximate surface area is 50.3 Å². The van der Waals surface area contributed by atoms with E-state index < -0.39 is 14.5 Å². The molecule has 6 heteroatoms. The molecule has 0 aliphatic carbocycles. The monoisotopic (exact) mass is 242 g/mol. The van der Waals surface area contributed by atoms with Crippen molar-refractivity contribution in [2.75, 3.05) is 0 Å². The molecule has 38 valence electrons. The van der Waals surface area contributed by atoms with Gasteiger partial charge in [0.2, 0.25) is 0 Å². The van der Waals surface area contributed by atoms with Crippen molar-refractivity contribution >= 4 is 14.5 Å². The quantitative estimate of drug-likeness (QED) is 0.404. The maximum absolute atomic E-state index is 8.61. The topological polar surface area (TPSA) is 86.2 Å². The van der Waals surface area contributed by atoms with Crippen LogP contribution in [-0.4, -0.2) is 14.5 Å². The minimum Gasteiger partial charge on any atom is 3.00 e. The van der Waals surface area contributed by atoms with Crippen molar-refractivity contribution in [3.63, 3.8) is 0 Å². The Morgan fingerprint density at radius 2 is 1.17 bits per heavy atom. The van der Waals surface area contributed by atoms with Crippen LogP contribution in [0.1, 0.15) is 0 Å². The molecular formula is AsO4Rh. The van der Waals surface area contributed by atoms with Gasteiger partial charge in [-0.25, -0.2) is 0 Å². The van der Waals surface area contributed by atoms with E-state index >= 15 is 0 Å². The molecule has 0 bridgehead atoms. The maximum atomic E-state index is 8.61. The molecule has 0 aromatic heterocycles. The summed E-state index contributed by atoms with van der Waals surface area (Å²) in [5, 5.41) is 0. The zero-order chi connectivity index (χ0) is 4.50. The largest absolute Gasteiger partial charge is 3.00 e. The van der Waals surface area contributed by atoms with Crippen molar-refractivity contribution in [2.45, 2.75) is 0 Å². The summed E-state index contributed by atoms with van der Waals surface area (Å²) in [6.07, 6.45) is 0. The van der Waals surface area contributed by atoms with Crippen molar-refractivity contribution < 1.29 is 35.5 Å². The van der Waals surface area contributed by atoms with Gasteiger partial charge in [0.25, 0.3) is 0 Å². The zero-order valence-corrected chi connectivity index (χ0v) is 5.93. The minimum atomic E-state index is -5.88. The van der Waals surface area contributed by atoms with E-state index in [1.807, 2.05) is 0 Å². The van der Waals surface area contributed by atoms with Gasteiger partial charge in [-0.2, -0.15) is 0 Å². The minimum absolute atomic E-state index is 0. The number of rotatable bonds is 0. The van der Waals surface area contributed by atoms with Crippen LogP contribution in [0.5, 0.6) is 0 Å². The van der Waals surface area contributed by atoms with Crippen LogP contribution in [0.15, 0.2) is 0 Å². The molecule has 6 heavy (non-hydrogen) atoms. The van der Waals surface area contributed by atoms with Gasteiger partial charge in [-0.1, -0.05) is 0 Å². The average molecular weight is 242 g/mol. The van der Waals surface area contributed by atoms with Gasteiger partial charge in [0.05, 0.1) is 0 Å². The fourth-order valence-corrected chi connectivity index (χ4v) is 0. The molecule has 0 aliphatic heterocycles. The summed E-state index contributed by atoms with van der Waals surface area (Å²) in [4.78, 5) is 0. The molecule has 4 nitrogen and oxygen atoms in total. The van der Waals surface area contributed by atoms with Crippen molar-refractivity contribution in [1.82, 2.24) is 0 Å². The summed E-state index contributed by atoms with van der Waals surface area (Å²) in [7, 11) is 0. The SMILES string of the molecule is O=[As]([O-])([O-])[O-].[Rh+3]. The fourth-order valence-electron chi connectivity index (χ4n) is 0. The van der Waals surface area contributed by atoms with Gasteiger partial charge < -0.3 is 0 Å². The predicted molar refractivity (Wildman–Crippen MR) is 6.44 cm³/mol. The molecule has 0 fully saturated rings. The molecule has 0 saturated heterocycles. The third-order valence-electron chi connectivity index (χ3n) is 0. The molecule has 0 rings (SSSR count). The average Bonchev–Trinajstić information content (AvgIpc) is 0.722. The van der Waals surface area contributed by atoms with Crippen LogP contribution in [0.3, 0.4) is 0 Å². The van der Waals surface area contributed by atoms with Crippen LogP contribution in [0.25, 0.3) is 0 Å². The Morgan fingerprint density at radius 3 is 1.17 bits per heavy atom. The summed E-state index contributed by atoms with van der Waals surface area (Å²) in [6, 6.07) is 0. The molecule has 0 spiro atoms. The van der Waals surface area contributed by atoms with Crippen molar-refractivity contribution in [2.24, 2.45) is 0 Å². The third-order valence-corrected chi connectivity index (χ3v) is 0. The first-order valence-electron chi connectivity index (χ1n) is 0.730. The standard InChI is InChI=1S/AsH3O4.Rh/c2-1(3,4)5;/h(H3,2,3,4,5);/q;+3/p-3. The Hall–Kier alpha value is 0.862. The van der Waals surface area contributed by atoms with Crippen molar-refractivity contribution in [1.29, 1.82) is 0 Å². The van der Waals surface area contributed by atoms with E-state index in [9.17, 15) is 0 Å². The van der Waals surface area contributed by atoms with Gasteiger partial charge in [0, 0.05) is 0 Å². The first-order valence-corrected chi connectivity index (χ1v) is 3.79. The van der Waals surface area contributed by atoms with Crippen LogP contribution in [0.4, 0.5) is 0 Å². The Balaban J connectivity index is 0. The van der Waals surface area contributed by atoms with Crippen molar-refractivity contribution in [3.05, 3.63) is 0 Å². The first-order chi connectivity index (χ1) is 2.00. The molecule has 0 saturated carbocycles. The second-order valence-electron chi connectivity index (χ2n) is 0.447. The van der Waals surface area contributed by atoms with Gasteiger partial charge in [-0.05, 0) is 0 Å². The van der Waals surface area contributed by atoms with Gasteiger partial charge in [-0.3, -0.25) is 0 Å². The van der Waals surface area contributed by atoms with Gasteiger partial charge in [-0.15, -0.1) is 0 Å². The van der Waals surface area contributed by atoms with E-state index in [0.717, 1.165) is 0 Å². The van der Waals surface area contributed by atoms with E-state index in [-0.39, 0.29) is 19.5 Å². The molecule has 0 amide bonds. The summed E-state index contributed by atoms with van der Waals surface area (Å²) in [6.45, 7) is 0. The van der Waals surface area contributed by atoms with E-state index in [2.05, 4.69) is 0 Å². The third kappa shape index (κ3) is 97.6. The van der Waals surface area contributed by atoms with Gasteiger partial charge in [0.1, 0.15) is 0 Å². The van der Waals surface area contributed by atoms with E-state index in [1.54, 1.807) is 0 Å². The summed E-state index contributed by atoms with van der Waals surface area (Å²) in [5.41, 5.74) is 0.